The Morgan fingerprint density at radius 3 is 2.80 bits per heavy atom. The minimum atomic E-state index is -0.331. The van der Waals surface area contributed by atoms with Crippen molar-refractivity contribution in [1.82, 2.24) is 10.2 Å². The number of carbonyl (C=O) groups excluding carboxylic acids is 1. The molecule has 0 unspecified atom stereocenters. The van der Waals surface area contributed by atoms with E-state index in [0.717, 1.165) is 18.8 Å². The molecule has 0 aliphatic carbocycles. The third kappa shape index (κ3) is 5.99. The van der Waals surface area contributed by atoms with Crippen LogP contribution in [0.2, 0.25) is 0 Å². The number of nitrogens with one attached hydrogen (secondary N) is 2. The average molecular weight is 295 g/mol. The third-order valence-electron chi connectivity index (χ3n) is 2.48. The van der Waals surface area contributed by atoms with Gasteiger partial charge in [0.1, 0.15) is 0 Å². The van der Waals surface area contributed by atoms with Crippen LogP contribution in [0.1, 0.15) is 17.3 Å². The van der Waals surface area contributed by atoms with Crippen LogP contribution >= 0.6 is 12.2 Å². The number of nitrogens with zero attached hydrogens (tertiary/aromatic N) is 1. The zero-order valence-corrected chi connectivity index (χ0v) is 12.9. The number of hydrogen-bond acceptors (Lipinski definition) is 4. The minimum Gasteiger partial charge on any atom is -0.462 e. The number of benzene rings is 1. The lowest BCUT2D eigenvalue weighted by Gasteiger charge is -2.13. The van der Waals surface area contributed by atoms with Gasteiger partial charge < -0.3 is 20.3 Å². The number of esters is 1. The SMILES string of the molecule is CCOC(=O)c1cccc(NC(=S)NCCN(C)C)c1. The summed E-state index contributed by atoms with van der Waals surface area (Å²) in [6.07, 6.45) is 0. The van der Waals surface area contributed by atoms with Crippen LogP contribution in [0.3, 0.4) is 0 Å². The first-order valence-corrected chi connectivity index (χ1v) is 6.90. The zero-order valence-electron chi connectivity index (χ0n) is 12.1. The number of rotatable bonds is 6. The number of carbonyl (C=O) groups is 1. The maximum atomic E-state index is 11.6. The molecule has 0 fully saturated rings. The van der Waals surface area contributed by atoms with Crippen LogP contribution in [0.5, 0.6) is 0 Å². The molecule has 0 atom stereocenters. The Bertz CT molecular complexity index is 463. The van der Waals surface area contributed by atoms with E-state index in [0.29, 0.717) is 17.3 Å². The van der Waals surface area contributed by atoms with E-state index in [-0.39, 0.29) is 5.97 Å². The van der Waals surface area contributed by atoms with Crippen molar-refractivity contribution in [3.63, 3.8) is 0 Å². The van der Waals surface area contributed by atoms with Gasteiger partial charge >= 0.3 is 5.97 Å². The predicted molar refractivity (Wildman–Crippen MR) is 85.2 cm³/mol. The highest BCUT2D eigenvalue weighted by molar-refractivity contribution is 7.80. The summed E-state index contributed by atoms with van der Waals surface area (Å²) in [5.41, 5.74) is 1.27. The first kappa shape index (κ1) is 16.4. The van der Waals surface area contributed by atoms with E-state index >= 15 is 0 Å². The van der Waals surface area contributed by atoms with Crippen molar-refractivity contribution in [2.24, 2.45) is 0 Å². The molecule has 0 radical (unpaired) electrons. The van der Waals surface area contributed by atoms with E-state index in [1.54, 1.807) is 25.1 Å². The quantitative estimate of drug-likeness (QED) is 0.615. The molecule has 20 heavy (non-hydrogen) atoms. The number of likely N-dealkylation sites (N-methyl/N-ethyl adjacent to an activating group) is 1. The van der Waals surface area contributed by atoms with Crippen LogP contribution in [0.4, 0.5) is 5.69 Å². The average Bonchev–Trinajstić information content (AvgIpc) is 2.38. The summed E-state index contributed by atoms with van der Waals surface area (Å²) in [6, 6.07) is 7.07. The van der Waals surface area contributed by atoms with Gasteiger partial charge in [-0.3, -0.25) is 0 Å². The van der Waals surface area contributed by atoms with Crippen molar-refractivity contribution in [1.29, 1.82) is 0 Å². The molecule has 6 heteroatoms. The van der Waals surface area contributed by atoms with Crippen molar-refractivity contribution < 1.29 is 9.53 Å². The Hall–Kier alpha value is -1.66. The van der Waals surface area contributed by atoms with Gasteiger partial charge in [0.2, 0.25) is 0 Å². The lowest BCUT2D eigenvalue weighted by molar-refractivity contribution is 0.0526. The molecule has 0 amide bonds. The summed E-state index contributed by atoms with van der Waals surface area (Å²) in [7, 11) is 4.00. The van der Waals surface area contributed by atoms with Crippen LogP contribution in [-0.2, 0) is 4.74 Å². The molecule has 0 spiro atoms. The largest absolute Gasteiger partial charge is 0.462 e. The fourth-order valence-corrected chi connectivity index (χ4v) is 1.73. The summed E-state index contributed by atoms with van der Waals surface area (Å²) in [6.45, 7) is 3.80. The molecule has 0 saturated heterocycles. The van der Waals surface area contributed by atoms with Crippen LogP contribution in [-0.4, -0.2) is 49.8 Å². The highest BCUT2D eigenvalue weighted by atomic mass is 32.1. The second-order valence-electron chi connectivity index (χ2n) is 4.49. The van der Waals surface area contributed by atoms with Gasteiger partial charge in [0, 0.05) is 18.8 Å². The summed E-state index contributed by atoms with van der Waals surface area (Å²) in [5, 5.41) is 6.68. The Morgan fingerprint density at radius 2 is 2.15 bits per heavy atom. The van der Waals surface area contributed by atoms with Crippen molar-refractivity contribution in [3.05, 3.63) is 29.8 Å². The Balaban J connectivity index is 2.53. The van der Waals surface area contributed by atoms with Gasteiger partial charge in [-0.2, -0.15) is 0 Å². The fraction of sp³-hybridized carbons (Fsp3) is 0.429. The van der Waals surface area contributed by atoms with Crippen LogP contribution < -0.4 is 10.6 Å². The molecular weight excluding hydrogens is 274 g/mol. The summed E-state index contributed by atoms with van der Waals surface area (Å²) < 4.78 is 4.96. The molecule has 0 saturated carbocycles. The molecule has 1 aromatic rings. The topological polar surface area (TPSA) is 53.6 Å². The molecule has 5 nitrogen and oxygen atoms in total. The molecule has 1 aromatic carbocycles. The Kier molecular flexibility index (Phi) is 6.97. The maximum Gasteiger partial charge on any atom is 0.338 e. The number of anilines is 1. The standard InChI is InChI=1S/C14H21N3O2S/c1-4-19-13(18)11-6-5-7-12(10-11)16-14(20)15-8-9-17(2)3/h5-7,10H,4,8-9H2,1-3H3,(H2,15,16,20). The van der Waals surface area contributed by atoms with E-state index in [4.69, 9.17) is 17.0 Å². The normalized spacial score (nSPS) is 10.2. The number of hydrogen-bond donors (Lipinski definition) is 2. The first-order valence-electron chi connectivity index (χ1n) is 6.49. The molecule has 0 bridgehead atoms. The lowest BCUT2D eigenvalue weighted by Crippen LogP contribution is -2.34. The second kappa shape index (κ2) is 8.50. The Morgan fingerprint density at radius 1 is 1.40 bits per heavy atom. The monoisotopic (exact) mass is 295 g/mol. The molecule has 1 rings (SSSR count). The molecule has 0 aliphatic rings. The van der Waals surface area contributed by atoms with Gasteiger partial charge in [0.05, 0.1) is 12.2 Å². The highest BCUT2D eigenvalue weighted by Gasteiger charge is 2.07. The fourth-order valence-electron chi connectivity index (χ4n) is 1.51. The van der Waals surface area contributed by atoms with Crippen LogP contribution in [0.25, 0.3) is 0 Å². The van der Waals surface area contributed by atoms with E-state index in [1.165, 1.54) is 0 Å². The van der Waals surface area contributed by atoms with Gasteiger partial charge in [0.25, 0.3) is 0 Å². The molecule has 0 aliphatic heterocycles. The summed E-state index contributed by atoms with van der Waals surface area (Å²) >= 11 is 5.19. The van der Waals surface area contributed by atoms with E-state index in [1.807, 2.05) is 20.2 Å². The smallest absolute Gasteiger partial charge is 0.338 e. The highest BCUT2D eigenvalue weighted by Crippen LogP contribution is 2.11. The first-order chi connectivity index (χ1) is 9.52. The molecule has 0 heterocycles. The summed E-state index contributed by atoms with van der Waals surface area (Å²) in [4.78, 5) is 13.7. The zero-order chi connectivity index (χ0) is 15.0. The maximum absolute atomic E-state index is 11.6. The van der Waals surface area contributed by atoms with Gasteiger partial charge in [-0.05, 0) is 51.4 Å². The van der Waals surface area contributed by atoms with E-state index in [9.17, 15) is 4.79 Å². The molecule has 0 aromatic heterocycles. The van der Waals surface area contributed by atoms with Gasteiger partial charge in [-0.25, -0.2) is 4.79 Å². The summed E-state index contributed by atoms with van der Waals surface area (Å²) in [5.74, 6) is -0.331. The number of ether oxygens (including phenoxy) is 1. The lowest BCUT2D eigenvalue weighted by atomic mass is 10.2. The molecule has 2 N–H and O–H groups in total. The van der Waals surface area contributed by atoms with Gasteiger partial charge in [0.15, 0.2) is 5.11 Å². The van der Waals surface area contributed by atoms with Crippen LogP contribution in [0.15, 0.2) is 24.3 Å². The van der Waals surface area contributed by atoms with Crippen molar-refractivity contribution >= 4 is 29.0 Å². The second-order valence-corrected chi connectivity index (χ2v) is 4.89. The van der Waals surface area contributed by atoms with Crippen molar-refractivity contribution in [2.45, 2.75) is 6.92 Å². The molecule has 110 valence electrons. The minimum absolute atomic E-state index is 0.331. The van der Waals surface area contributed by atoms with Crippen molar-refractivity contribution in [3.8, 4) is 0 Å². The predicted octanol–water partition coefficient (Wildman–Crippen LogP) is 1.71. The van der Waals surface area contributed by atoms with Gasteiger partial charge in [-0.1, -0.05) is 6.07 Å². The van der Waals surface area contributed by atoms with Gasteiger partial charge in [-0.15, -0.1) is 0 Å². The Labute approximate surface area is 125 Å². The number of thiocarbonyl (C=S) groups is 1. The third-order valence-corrected chi connectivity index (χ3v) is 2.72. The van der Waals surface area contributed by atoms with E-state index in [2.05, 4.69) is 15.5 Å². The van der Waals surface area contributed by atoms with Crippen LogP contribution in [0, 0.1) is 0 Å². The molecular formula is C14H21N3O2S. The van der Waals surface area contributed by atoms with E-state index < -0.39 is 0 Å². The van der Waals surface area contributed by atoms with Crippen molar-refractivity contribution in [2.75, 3.05) is 39.1 Å².